The van der Waals surface area contributed by atoms with Gasteiger partial charge in [-0.1, -0.05) is 16.8 Å². The van der Waals surface area contributed by atoms with Crippen molar-refractivity contribution in [2.45, 2.75) is 0 Å². The van der Waals surface area contributed by atoms with Crippen molar-refractivity contribution in [2.24, 2.45) is 5.16 Å². The normalized spacial score (nSPS) is 12.6. The molecule has 21 heavy (non-hydrogen) atoms. The van der Waals surface area contributed by atoms with Crippen LogP contribution in [0.4, 0.5) is 0 Å². The monoisotopic (exact) mass is 303 g/mol. The van der Waals surface area contributed by atoms with Gasteiger partial charge in [0, 0.05) is 10.6 Å². The number of rotatable bonds is 3. The van der Waals surface area contributed by atoms with Gasteiger partial charge in [-0.2, -0.15) is 0 Å². The molecule has 0 bridgehead atoms. The minimum atomic E-state index is -0.552. The minimum Gasteiger partial charge on any atom is -0.454 e. The Kier molecular flexibility index (Phi) is 3.75. The van der Waals surface area contributed by atoms with Gasteiger partial charge in [0.2, 0.25) is 6.79 Å². The Balaban J connectivity index is 1.64. The van der Waals surface area contributed by atoms with E-state index in [2.05, 4.69) is 5.16 Å². The minimum absolute atomic E-state index is 0.210. The number of hydrogen-bond acceptors (Lipinski definition) is 5. The van der Waals surface area contributed by atoms with Gasteiger partial charge in [-0.25, -0.2) is 4.79 Å². The molecular formula is C15H10ClNO4. The molecular weight excluding hydrogens is 294 g/mol. The Bertz CT molecular complexity index is 697. The summed E-state index contributed by atoms with van der Waals surface area (Å²) in [5.41, 5.74) is 1.12. The van der Waals surface area contributed by atoms with Gasteiger partial charge < -0.3 is 14.3 Å². The number of oxime groups is 1. The van der Waals surface area contributed by atoms with E-state index in [1.54, 1.807) is 42.5 Å². The zero-order chi connectivity index (χ0) is 14.7. The number of halogens is 1. The van der Waals surface area contributed by atoms with E-state index >= 15 is 0 Å². The van der Waals surface area contributed by atoms with Crippen molar-refractivity contribution >= 4 is 23.8 Å². The summed E-state index contributed by atoms with van der Waals surface area (Å²) >= 11 is 5.74. The summed E-state index contributed by atoms with van der Waals surface area (Å²) in [6, 6.07) is 11.7. The molecule has 1 aliphatic heterocycles. The predicted molar refractivity (Wildman–Crippen MR) is 77.0 cm³/mol. The Morgan fingerprint density at radius 2 is 1.90 bits per heavy atom. The summed E-state index contributed by atoms with van der Waals surface area (Å²) in [5, 5.41) is 4.21. The molecule has 0 saturated heterocycles. The third-order valence-corrected chi connectivity index (χ3v) is 3.07. The van der Waals surface area contributed by atoms with Gasteiger partial charge in [0.05, 0.1) is 11.8 Å². The van der Waals surface area contributed by atoms with Crippen LogP contribution in [0.5, 0.6) is 11.5 Å². The summed E-state index contributed by atoms with van der Waals surface area (Å²) in [6.45, 7) is 0.210. The first-order valence-electron chi connectivity index (χ1n) is 6.12. The molecule has 0 unspecified atom stereocenters. The van der Waals surface area contributed by atoms with Crippen LogP contribution >= 0.6 is 11.6 Å². The van der Waals surface area contributed by atoms with Crippen molar-refractivity contribution in [3.05, 3.63) is 58.6 Å². The highest BCUT2D eigenvalue weighted by Gasteiger charge is 2.12. The maximum Gasteiger partial charge on any atom is 0.365 e. The topological polar surface area (TPSA) is 57.1 Å². The second kappa shape index (κ2) is 5.85. The Morgan fingerprint density at radius 3 is 2.71 bits per heavy atom. The van der Waals surface area contributed by atoms with Gasteiger partial charge in [-0.3, -0.25) is 0 Å². The maximum atomic E-state index is 11.7. The molecule has 0 aromatic heterocycles. The third kappa shape index (κ3) is 3.14. The molecule has 0 N–H and O–H groups in total. The van der Waals surface area contributed by atoms with E-state index in [0.29, 0.717) is 22.1 Å². The van der Waals surface area contributed by atoms with Gasteiger partial charge in [0.1, 0.15) is 0 Å². The molecule has 2 aromatic rings. The standard InChI is InChI=1S/C15H10ClNO4/c16-12-4-2-11(3-5-12)15(18)21-17-8-10-1-6-13-14(7-10)20-9-19-13/h1-8H,9H2/b17-8-. The van der Waals surface area contributed by atoms with Crippen LogP contribution in [0.2, 0.25) is 5.02 Å². The largest absolute Gasteiger partial charge is 0.454 e. The second-order valence-electron chi connectivity index (χ2n) is 4.23. The molecule has 0 spiro atoms. The molecule has 0 atom stereocenters. The summed E-state index contributed by atoms with van der Waals surface area (Å²) in [4.78, 5) is 16.5. The van der Waals surface area contributed by atoms with Crippen molar-refractivity contribution in [3.63, 3.8) is 0 Å². The first-order valence-corrected chi connectivity index (χ1v) is 6.50. The van der Waals surface area contributed by atoms with Crippen LogP contribution in [0.1, 0.15) is 15.9 Å². The van der Waals surface area contributed by atoms with E-state index in [1.165, 1.54) is 6.21 Å². The van der Waals surface area contributed by atoms with Gasteiger partial charge >= 0.3 is 5.97 Å². The van der Waals surface area contributed by atoms with Crippen molar-refractivity contribution in [3.8, 4) is 11.5 Å². The van der Waals surface area contributed by atoms with E-state index in [4.69, 9.17) is 25.9 Å². The summed E-state index contributed by atoms with van der Waals surface area (Å²) in [6.07, 6.45) is 1.43. The SMILES string of the molecule is O=C(O/N=C\c1ccc2c(c1)OCO2)c1ccc(Cl)cc1. The molecule has 106 valence electrons. The first kappa shape index (κ1) is 13.5. The quantitative estimate of drug-likeness (QED) is 0.496. The molecule has 6 heteroatoms. The number of benzene rings is 2. The van der Waals surface area contributed by atoms with E-state index < -0.39 is 5.97 Å². The van der Waals surface area contributed by atoms with E-state index in [-0.39, 0.29) is 6.79 Å². The van der Waals surface area contributed by atoms with Crippen molar-refractivity contribution < 1.29 is 19.1 Å². The molecule has 0 radical (unpaired) electrons. The number of hydrogen-bond donors (Lipinski definition) is 0. The van der Waals surface area contributed by atoms with Crippen LogP contribution in [-0.2, 0) is 4.84 Å². The summed E-state index contributed by atoms with van der Waals surface area (Å²) in [7, 11) is 0. The molecule has 0 amide bonds. The van der Waals surface area contributed by atoms with Gasteiger partial charge in [-0.15, -0.1) is 0 Å². The molecule has 1 heterocycles. The van der Waals surface area contributed by atoms with E-state index in [0.717, 1.165) is 5.56 Å². The molecule has 1 aliphatic rings. The fraction of sp³-hybridized carbons (Fsp3) is 0.0667. The first-order chi connectivity index (χ1) is 10.2. The lowest BCUT2D eigenvalue weighted by Gasteiger charge is -1.99. The predicted octanol–water partition coefficient (Wildman–Crippen LogP) is 3.26. The van der Waals surface area contributed by atoms with Crippen LogP contribution < -0.4 is 9.47 Å². The molecule has 0 aliphatic carbocycles. The van der Waals surface area contributed by atoms with Crippen LogP contribution in [0.15, 0.2) is 47.6 Å². The van der Waals surface area contributed by atoms with Crippen LogP contribution in [0.3, 0.4) is 0 Å². The summed E-state index contributed by atoms with van der Waals surface area (Å²) < 4.78 is 10.4. The number of nitrogens with zero attached hydrogens (tertiary/aromatic N) is 1. The highest BCUT2D eigenvalue weighted by atomic mass is 35.5. The molecule has 0 saturated carbocycles. The van der Waals surface area contributed by atoms with Gasteiger partial charge in [0.25, 0.3) is 0 Å². The summed E-state index contributed by atoms with van der Waals surface area (Å²) in [5.74, 6) is 0.775. The number of carbonyl (C=O) groups excluding carboxylic acids is 1. The number of ether oxygens (including phenoxy) is 2. The highest BCUT2D eigenvalue weighted by Crippen LogP contribution is 2.31. The fourth-order valence-electron chi connectivity index (χ4n) is 1.77. The van der Waals surface area contributed by atoms with Crippen molar-refractivity contribution in [1.82, 2.24) is 0 Å². The third-order valence-electron chi connectivity index (χ3n) is 2.81. The van der Waals surface area contributed by atoms with E-state index in [1.807, 2.05) is 0 Å². The molecule has 2 aromatic carbocycles. The lowest BCUT2D eigenvalue weighted by Crippen LogP contribution is -2.00. The zero-order valence-corrected chi connectivity index (χ0v) is 11.5. The molecule has 0 fully saturated rings. The van der Waals surface area contributed by atoms with E-state index in [9.17, 15) is 4.79 Å². The van der Waals surface area contributed by atoms with Crippen LogP contribution in [0, 0.1) is 0 Å². The van der Waals surface area contributed by atoms with Gasteiger partial charge in [0.15, 0.2) is 11.5 Å². The van der Waals surface area contributed by atoms with Gasteiger partial charge in [-0.05, 0) is 42.5 Å². The molecule has 3 rings (SSSR count). The molecule has 5 nitrogen and oxygen atoms in total. The average Bonchev–Trinajstić information content (AvgIpc) is 2.95. The lowest BCUT2D eigenvalue weighted by atomic mass is 10.2. The number of fused-ring (bicyclic) bond motifs is 1. The lowest BCUT2D eigenvalue weighted by molar-refractivity contribution is 0.0519. The number of carbonyl (C=O) groups is 1. The van der Waals surface area contributed by atoms with Crippen molar-refractivity contribution in [1.29, 1.82) is 0 Å². The van der Waals surface area contributed by atoms with Crippen LogP contribution in [-0.4, -0.2) is 19.0 Å². The highest BCUT2D eigenvalue weighted by molar-refractivity contribution is 6.30. The Hall–Kier alpha value is -2.53. The Morgan fingerprint density at radius 1 is 1.14 bits per heavy atom. The fourth-order valence-corrected chi connectivity index (χ4v) is 1.89. The average molecular weight is 304 g/mol. The smallest absolute Gasteiger partial charge is 0.365 e. The zero-order valence-electron chi connectivity index (χ0n) is 10.8. The Labute approximate surface area is 125 Å². The maximum absolute atomic E-state index is 11.7. The second-order valence-corrected chi connectivity index (χ2v) is 4.67. The van der Waals surface area contributed by atoms with Crippen LogP contribution in [0.25, 0.3) is 0 Å². The van der Waals surface area contributed by atoms with Crippen molar-refractivity contribution in [2.75, 3.05) is 6.79 Å².